The highest BCUT2D eigenvalue weighted by Crippen LogP contribution is 2.37. The molecule has 0 N–H and O–H groups in total. The molecule has 2 rings (SSSR count). The SMILES string of the molecule is CC(=O)Oc1cc(B2OC(C)(C)C(C)(C)O2)cc(OS(=O)(=O)C(F)(F)F)c1[Si](C)(C)C. The van der Waals surface area contributed by atoms with Gasteiger partial charge in [0.25, 0.3) is 0 Å². The van der Waals surface area contributed by atoms with Crippen LogP contribution in [0.5, 0.6) is 11.5 Å². The minimum Gasteiger partial charge on any atom is -0.427 e. The molecule has 31 heavy (non-hydrogen) atoms. The lowest BCUT2D eigenvalue weighted by molar-refractivity contribution is -0.131. The summed E-state index contributed by atoms with van der Waals surface area (Å²) in [5.74, 6) is -1.39. The van der Waals surface area contributed by atoms with E-state index >= 15 is 0 Å². The minimum atomic E-state index is -5.96. The highest BCUT2D eigenvalue weighted by Gasteiger charge is 2.53. The molecule has 1 saturated heterocycles. The van der Waals surface area contributed by atoms with E-state index in [9.17, 15) is 26.4 Å². The first-order valence-electron chi connectivity index (χ1n) is 9.41. The predicted molar refractivity (Wildman–Crippen MR) is 112 cm³/mol. The summed E-state index contributed by atoms with van der Waals surface area (Å²) in [4.78, 5) is 11.7. The molecule has 0 bridgehead atoms. The van der Waals surface area contributed by atoms with E-state index in [-0.39, 0.29) is 16.4 Å². The Morgan fingerprint density at radius 3 is 1.87 bits per heavy atom. The molecule has 1 aliphatic heterocycles. The number of benzene rings is 1. The van der Waals surface area contributed by atoms with Crippen LogP contribution in [0.1, 0.15) is 34.6 Å². The van der Waals surface area contributed by atoms with Crippen LogP contribution in [0.3, 0.4) is 0 Å². The highest BCUT2D eigenvalue weighted by molar-refractivity contribution is 7.88. The van der Waals surface area contributed by atoms with Crippen molar-refractivity contribution in [2.75, 3.05) is 0 Å². The monoisotopic (exact) mass is 482 g/mol. The second-order valence-corrected chi connectivity index (χ2v) is 15.8. The van der Waals surface area contributed by atoms with Gasteiger partial charge in [0, 0.05) is 12.1 Å². The average molecular weight is 482 g/mol. The van der Waals surface area contributed by atoms with Crippen LogP contribution in [0, 0.1) is 0 Å². The van der Waals surface area contributed by atoms with E-state index in [1.54, 1.807) is 47.3 Å². The van der Waals surface area contributed by atoms with Gasteiger partial charge in [-0.3, -0.25) is 4.79 Å². The summed E-state index contributed by atoms with van der Waals surface area (Å²) in [6, 6.07) is 2.54. The topological polar surface area (TPSA) is 88.1 Å². The van der Waals surface area contributed by atoms with E-state index in [1.165, 1.54) is 6.07 Å². The van der Waals surface area contributed by atoms with E-state index in [0.29, 0.717) is 0 Å². The fraction of sp³-hybridized carbons (Fsp3) is 0.611. The summed E-state index contributed by atoms with van der Waals surface area (Å²) in [6.45, 7) is 13.5. The summed E-state index contributed by atoms with van der Waals surface area (Å²) in [5, 5.41) is 0.107. The highest BCUT2D eigenvalue weighted by atomic mass is 32.2. The number of carbonyl (C=O) groups is 1. The van der Waals surface area contributed by atoms with Gasteiger partial charge in [-0.1, -0.05) is 19.6 Å². The van der Waals surface area contributed by atoms with Crippen LogP contribution in [0.2, 0.25) is 19.6 Å². The molecule has 1 aromatic rings. The third-order valence-corrected chi connectivity index (χ3v) is 8.06. The van der Waals surface area contributed by atoms with Gasteiger partial charge in [-0.05, 0) is 45.3 Å². The lowest BCUT2D eigenvalue weighted by Gasteiger charge is -2.32. The molecule has 1 fully saturated rings. The van der Waals surface area contributed by atoms with Gasteiger partial charge >= 0.3 is 28.7 Å². The van der Waals surface area contributed by atoms with Crippen molar-refractivity contribution < 1.29 is 44.6 Å². The molecule has 1 aliphatic rings. The molecule has 7 nitrogen and oxygen atoms in total. The van der Waals surface area contributed by atoms with Gasteiger partial charge in [0.1, 0.15) is 11.5 Å². The summed E-state index contributed by atoms with van der Waals surface area (Å²) < 4.78 is 84.2. The van der Waals surface area contributed by atoms with Crippen molar-refractivity contribution in [1.29, 1.82) is 0 Å². The van der Waals surface area contributed by atoms with Gasteiger partial charge in [-0.2, -0.15) is 21.6 Å². The van der Waals surface area contributed by atoms with Gasteiger partial charge < -0.3 is 18.2 Å². The number of ether oxygens (including phenoxy) is 1. The molecule has 0 spiro atoms. The normalized spacial score (nSPS) is 18.7. The molecule has 1 heterocycles. The lowest BCUT2D eigenvalue weighted by atomic mass is 9.79. The zero-order chi connectivity index (χ0) is 24.2. The van der Waals surface area contributed by atoms with E-state index in [1.807, 2.05) is 0 Å². The summed E-state index contributed by atoms with van der Waals surface area (Å²) in [6.07, 6.45) is 0. The van der Waals surface area contributed by atoms with Gasteiger partial charge in [0.2, 0.25) is 0 Å². The van der Waals surface area contributed by atoms with E-state index < -0.39 is 53.7 Å². The average Bonchev–Trinajstić information content (AvgIpc) is 2.71. The number of alkyl halides is 3. The first kappa shape index (κ1) is 25.7. The van der Waals surface area contributed by atoms with E-state index in [4.69, 9.17) is 14.0 Å². The maximum Gasteiger partial charge on any atom is 0.534 e. The van der Waals surface area contributed by atoms with Crippen LogP contribution >= 0.6 is 0 Å². The summed E-state index contributed by atoms with van der Waals surface area (Å²) in [5.41, 5.74) is -7.01. The summed E-state index contributed by atoms with van der Waals surface area (Å²) >= 11 is 0. The number of rotatable bonds is 5. The van der Waals surface area contributed by atoms with Crippen LogP contribution in [0.25, 0.3) is 0 Å². The molecule has 0 atom stereocenters. The molecule has 0 amide bonds. The Hall–Kier alpha value is -1.57. The Morgan fingerprint density at radius 1 is 1.03 bits per heavy atom. The molecule has 0 radical (unpaired) electrons. The smallest absolute Gasteiger partial charge is 0.427 e. The number of esters is 1. The molecule has 174 valence electrons. The molecule has 1 aromatic carbocycles. The zero-order valence-electron chi connectivity index (χ0n) is 18.6. The number of carbonyl (C=O) groups excluding carboxylic acids is 1. The number of hydrogen-bond donors (Lipinski definition) is 0. The first-order valence-corrected chi connectivity index (χ1v) is 14.3. The quantitative estimate of drug-likeness (QED) is 0.210. The van der Waals surface area contributed by atoms with E-state index in [2.05, 4.69) is 4.18 Å². The minimum absolute atomic E-state index is 0.0914. The molecule has 0 saturated carbocycles. The van der Waals surface area contributed by atoms with Crippen molar-refractivity contribution in [2.45, 2.75) is 71.0 Å². The molecule has 0 aliphatic carbocycles. The van der Waals surface area contributed by atoms with Gasteiger partial charge in [-0.25, -0.2) is 0 Å². The Kier molecular flexibility index (Phi) is 6.45. The Labute approximate surface area is 181 Å². The zero-order valence-corrected chi connectivity index (χ0v) is 20.4. The molecule has 13 heteroatoms. The fourth-order valence-electron chi connectivity index (χ4n) is 2.93. The van der Waals surface area contributed by atoms with Crippen LogP contribution in [0.15, 0.2) is 12.1 Å². The third kappa shape index (κ3) is 5.26. The van der Waals surface area contributed by atoms with Crippen molar-refractivity contribution in [2.24, 2.45) is 0 Å². The van der Waals surface area contributed by atoms with Crippen molar-refractivity contribution in [3.05, 3.63) is 12.1 Å². The second-order valence-electron chi connectivity index (χ2n) is 9.31. The standard InChI is InChI=1S/C18H26BF3O7SSi/c1-11(23)26-13-9-12(19-28-16(2,3)17(4,5)29-19)10-14(15(13)31(6,7)8)27-30(24,25)18(20,21)22/h9-10H,1-8H3. The van der Waals surface area contributed by atoms with Crippen molar-refractivity contribution in [3.8, 4) is 11.5 Å². The van der Waals surface area contributed by atoms with Crippen molar-refractivity contribution in [1.82, 2.24) is 0 Å². The summed E-state index contributed by atoms with van der Waals surface area (Å²) in [7, 11) is -9.60. The Balaban J connectivity index is 2.74. The largest absolute Gasteiger partial charge is 0.534 e. The van der Waals surface area contributed by atoms with Crippen LogP contribution < -0.4 is 19.6 Å². The molecule has 0 aromatic heterocycles. The number of hydrogen-bond acceptors (Lipinski definition) is 7. The van der Waals surface area contributed by atoms with Crippen LogP contribution in [0.4, 0.5) is 13.2 Å². The maximum absolute atomic E-state index is 13.0. The molecular formula is C18H26BF3O7SSi. The van der Waals surface area contributed by atoms with Gasteiger partial charge in [-0.15, -0.1) is 0 Å². The van der Waals surface area contributed by atoms with Crippen molar-refractivity contribution in [3.63, 3.8) is 0 Å². The van der Waals surface area contributed by atoms with Crippen LogP contribution in [-0.4, -0.2) is 46.3 Å². The Bertz CT molecular complexity index is 969. The lowest BCUT2D eigenvalue weighted by Crippen LogP contribution is -2.44. The molecular weight excluding hydrogens is 456 g/mol. The van der Waals surface area contributed by atoms with Crippen molar-refractivity contribution >= 4 is 41.9 Å². The maximum atomic E-state index is 13.0. The third-order valence-electron chi connectivity index (χ3n) is 5.10. The fourth-order valence-corrected chi connectivity index (χ4v) is 5.19. The van der Waals surface area contributed by atoms with E-state index in [0.717, 1.165) is 13.0 Å². The van der Waals surface area contributed by atoms with Gasteiger partial charge in [0.15, 0.2) is 0 Å². The Morgan fingerprint density at radius 2 is 1.48 bits per heavy atom. The van der Waals surface area contributed by atoms with Gasteiger partial charge in [0.05, 0.1) is 19.3 Å². The first-order chi connectivity index (χ1) is 13.7. The number of halogens is 3. The predicted octanol–water partition coefficient (Wildman–Crippen LogP) is 2.68. The second kappa shape index (κ2) is 7.78. The molecule has 0 unspecified atom stereocenters. The van der Waals surface area contributed by atoms with Crippen LogP contribution in [-0.2, 0) is 24.2 Å².